The minimum Gasteiger partial charge on any atom is -0.480 e. The third kappa shape index (κ3) is 16.2. The molecule has 1 aromatic rings. The number of likely N-dealkylation sites (tertiary alicyclic amines) is 2. The molecule has 11 atom stereocenters. The van der Waals surface area contributed by atoms with Crippen molar-refractivity contribution >= 4 is 65.0 Å². The summed E-state index contributed by atoms with van der Waals surface area (Å²) in [5.74, 6) is -11.5. The normalized spacial score (nSPS) is 19.6. The molecule has 2 aliphatic rings. The quantitative estimate of drug-likeness (QED) is 0.0410. The minimum absolute atomic E-state index is 0.101. The van der Waals surface area contributed by atoms with Gasteiger partial charge in [0, 0.05) is 37.8 Å². The zero-order chi connectivity index (χ0) is 51.9. The van der Waals surface area contributed by atoms with Gasteiger partial charge in [0.25, 0.3) is 0 Å². The summed E-state index contributed by atoms with van der Waals surface area (Å²) in [5, 5.41) is 53.3. The molecule has 2 fully saturated rings. The summed E-state index contributed by atoms with van der Waals surface area (Å²) in [6, 6.07) is -13.4. The number of nitrogens with two attached hydrogens (primary N) is 3. The molecule has 28 nitrogen and oxygen atoms in total. The number of rotatable bonds is 26. The van der Waals surface area contributed by atoms with Crippen LogP contribution in [0.1, 0.15) is 78.3 Å². The molecule has 0 bridgehead atoms. The van der Waals surface area contributed by atoms with Crippen molar-refractivity contribution in [3.8, 4) is 0 Å². The first-order chi connectivity index (χ1) is 32.4. The lowest BCUT2D eigenvalue weighted by atomic mass is 10.0. The van der Waals surface area contributed by atoms with Crippen molar-refractivity contribution in [3.63, 3.8) is 0 Å². The Labute approximate surface area is 396 Å². The molecular weight excluding hydrogens is 915 g/mol. The van der Waals surface area contributed by atoms with Crippen LogP contribution in [-0.4, -0.2) is 192 Å². The van der Waals surface area contributed by atoms with Crippen LogP contribution in [0.3, 0.4) is 0 Å². The number of imidazole rings is 1. The summed E-state index contributed by atoms with van der Waals surface area (Å²) in [4.78, 5) is 154. The highest BCUT2D eigenvalue weighted by Gasteiger charge is 2.45. The Morgan fingerprint density at radius 3 is 1.80 bits per heavy atom. The number of hydrogen-bond acceptors (Lipinski definition) is 16. The molecule has 69 heavy (non-hydrogen) atoms. The number of carboxylic acid groups (broad SMARTS) is 1. The summed E-state index contributed by atoms with van der Waals surface area (Å²) >= 11 is 0. The van der Waals surface area contributed by atoms with Crippen LogP contribution in [0.2, 0.25) is 0 Å². The molecule has 0 unspecified atom stereocenters. The van der Waals surface area contributed by atoms with Gasteiger partial charge in [0.15, 0.2) is 6.04 Å². The average Bonchev–Trinajstić information content (AvgIpc) is 4.09. The number of aromatic amines is 1. The average molecular weight is 980 g/mol. The van der Waals surface area contributed by atoms with Gasteiger partial charge in [0.2, 0.25) is 59.1 Å². The Morgan fingerprint density at radius 2 is 1.26 bits per heavy atom. The lowest BCUT2D eigenvalue weighted by Gasteiger charge is -2.34. The molecule has 3 rings (SSSR count). The number of H-pyrrole nitrogens is 1. The maximum atomic E-state index is 14.3. The molecule has 2 saturated heterocycles. The molecule has 0 spiro atoms. The standard InChI is InChI=1S/C41H65N13O15/c1-18(2)30(40(67)54-12-6-8-27(54)39(66)53-11-5-7-26(53)37(64)52-32(20(4)57)41(68)69)50-35(62)24(13-21-15-45-17-46-21)49-38(65)31(19(3)56)51-36(63)25(14-29(44)59)48-34(61)23(9-10-28(43)58)47-33(60)22(42)16-55/h15,17-20,22-27,30-32,55-57H,5-14,16,42H2,1-4H3,(H2,43,58)(H2,44,59)(H,45,46)(H,47,60)(H,48,61)(H,49,65)(H,50,62)(H,51,63)(H,52,64)(H,68,69)/t19-,20-,22+,23+,24+,25+,26+,27+,30+,31+,32+/m1/s1. The molecule has 1 aromatic heterocycles. The Bertz CT molecular complexity index is 2030. The van der Waals surface area contributed by atoms with Gasteiger partial charge in [-0.2, -0.15) is 0 Å². The lowest BCUT2D eigenvalue weighted by molar-refractivity contribution is -0.150. The van der Waals surface area contributed by atoms with Crippen LogP contribution in [0.25, 0.3) is 0 Å². The largest absolute Gasteiger partial charge is 0.480 e. The van der Waals surface area contributed by atoms with E-state index in [2.05, 4.69) is 41.9 Å². The van der Waals surface area contributed by atoms with Gasteiger partial charge < -0.3 is 84.3 Å². The first kappa shape index (κ1) is 56.5. The van der Waals surface area contributed by atoms with Crippen molar-refractivity contribution in [2.75, 3.05) is 19.7 Å². The number of aliphatic hydroxyl groups excluding tert-OH is 3. The fourth-order valence-corrected chi connectivity index (χ4v) is 7.71. The highest BCUT2D eigenvalue weighted by molar-refractivity contribution is 5.99. The smallest absolute Gasteiger partial charge is 0.328 e. The molecule has 0 radical (unpaired) electrons. The third-order valence-corrected chi connectivity index (χ3v) is 11.5. The Balaban J connectivity index is 1.83. The molecule has 384 valence electrons. The number of carbonyl (C=O) groups is 11. The van der Waals surface area contributed by atoms with Gasteiger partial charge >= 0.3 is 5.97 Å². The maximum Gasteiger partial charge on any atom is 0.328 e. The van der Waals surface area contributed by atoms with Crippen molar-refractivity contribution in [2.24, 2.45) is 23.1 Å². The van der Waals surface area contributed by atoms with E-state index in [9.17, 15) is 73.2 Å². The van der Waals surface area contributed by atoms with E-state index in [0.29, 0.717) is 18.5 Å². The van der Waals surface area contributed by atoms with Gasteiger partial charge in [-0.25, -0.2) is 9.78 Å². The van der Waals surface area contributed by atoms with Gasteiger partial charge in [-0.1, -0.05) is 13.8 Å². The van der Waals surface area contributed by atoms with E-state index >= 15 is 0 Å². The number of primary amides is 2. The van der Waals surface area contributed by atoms with E-state index in [1.165, 1.54) is 29.2 Å². The second-order valence-corrected chi connectivity index (χ2v) is 17.3. The summed E-state index contributed by atoms with van der Waals surface area (Å²) in [5.41, 5.74) is 16.4. The highest BCUT2D eigenvalue weighted by Crippen LogP contribution is 2.27. The van der Waals surface area contributed by atoms with Crippen molar-refractivity contribution in [1.82, 2.24) is 51.7 Å². The monoisotopic (exact) mass is 979 g/mol. The molecule has 17 N–H and O–H groups in total. The number of aliphatic carboxylic acids is 1. The predicted molar refractivity (Wildman–Crippen MR) is 236 cm³/mol. The van der Waals surface area contributed by atoms with Gasteiger partial charge in [-0.15, -0.1) is 0 Å². The Morgan fingerprint density at radius 1 is 0.710 bits per heavy atom. The summed E-state index contributed by atoms with van der Waals surface area (Å²) in [6.07, 6.45) is -1.30. The first-order valence-electron chi connectivity index (χ1n) is 22.3. The van der Waals surface area contributed by atoms with Crippen LogP contribution in [-0.2, 0) is 59.2 Å². The van der Waals surface area contributed by atoms with Gasteiger partial charge in [0.05, 0.1) is 31.6 Å². The van der Waals surface area contributed by atoms with E-state index in [1.807, 2.05) is 0 Å². The molecule has 3 heterocycles. The zero-order valence-corrected chi connectivity index (χ0v) is 38.7. The summed E-state index contributed by atoms with van der Waals surface area (Å²) in [7, 11) is 0. The van der Waals surface area contributed by atoms with Crippen LogP contribution < -0.4 is 49.1 Å². The maximum absolute atomic E-state index is 14.3. The predicted octanol–water partition coefficient (Wildman–Crippen LogP) is -7.19. The van der Waals surface area contributed by atoms with Crippen LogP contribution in [0.5, 0.6) is 0 Å². The SMILES string of the molecule is CC(C)[C@H](NC(=O)[C@H](Cc1cnc[nH]1)NC(=O)[C@@H](NC(=O)[C@H](CC(N)=O)NC(=O)[C@H](CCC(N)=O)NC(=O)[C@@H](N)CO)[C@@H](C)O)C(=O)N1CCC[C@H]1C(=O)N1CCC[C@H]1C(=O)N[C@H](C(=O)O)[C@@H](C)O. The molecular formula is C41H65N13O15. The van der Waals surface area contributed by atoms with E-state index in [4.69, 9.17) is 17.2 Å². The van der Waals surface area contributed by atoms with Crippen molar-refractivity contribution in [2.45, 2.75) is 146 Å². The summed E-state index contributed by atoms with van der Waals surface area (Å²) in [6.45, 7) is 4.97. The second-order valence-electron chi connectivity index (χ2n) is 17.3. The molecule has 2 aliphatic heterocycles. The molecule has 0 aromatic carbocycles. The minimum atomic E-state index is -1.88. The van der Waals surface area contributed by atoms with Crippen LogP contribution >= 0.6 is 0 Å². The number of hydrogen-bond donors (Lipinski definition) is 14. The van der Waals surface area contributed by atoms with E-state index in [1.54, 1.807) is 13.8 Å². The first-order valence-corrected chi connectivity index (χ1v) is 22.3. The van der Waals surface area contributed by atoms with E-state index in [-0.39, 0.29) is 32.4 Å². The number of carbonyl (C=O) groups excluding carboxylic acids is 10. The Kier molecular flexibility index (Phi) is 21.4. The van der Waals surface area contributed by atoms with E-state index in [0.717, 1.165) is 6.92 Å². The van der Waals surface area contributed by atoms with Crippen molar-refractivity contribution in [3.05, 3.63) is 18.2 Å². The zero-order valence-electron chi connectivity index (χ0n) is 38.7. The van der Waals surface area contributed by atoms with Gasteiger partial charge in [0.1, 0.15) is 48.3 Å². The van der Waals surface area contributed by atoms with Crippen molar-refractivity contribution < 1.29 is 73.2 Å². The molecule has 0 aliphatic carbocycles. The lowest BCUT2D eigenvalue weighted by Crippen LogP contribution is -2.62. The highest BCUT2D eigenvalue weighted by atomic mass is 16.4. The number of carboxylic acids is 1. The Hall–Kier alpha value is -6.78. The molecule has 10 amide bonds. The fraction of sp³-hybridized carbons (Fsp3) is 0.659. The second kappa shape index (κ2) is 26.1. The number of nitrogens with zero attached hydrogens (tertiary/aromatic N) is 3. The fourth-order valence-electron chi connectivity index (χ4n) is 7.71. The van der Waals surface area contributed by atoms with Gasteiger partial charge in [-0.3, -0.25) is 47.9 Å². The number of nitrogens with one attached hydrogen (secondary N) is 7. The summed E-state index contributed by atoms with van der Waals surface area (Å²) < 4.78 is 0. The van der Waals surface area contributed by atoms with Gasteiger partial charge in [-0.05, 0) is 51.9 Å². The molecule has 0 saturated carbocycles. The van der Waals surface area contributed by atoms with Crippen LogP contribution in [0.4, 0.5) is 0 Å². The third-order valence-electron chi connectivity index (χ3n) is 11.5. The van der Waals surface area contributed by atoms with Crippen molar-refractivity contribution in [1.29, 1.82) is 0 Å². The molecule has 28 heteroatoms. The van der Waals surface area contributed by atoms with E-state index < -0.39 is 163 Å². The number of aromatic nitrogens is 2. The van der Waals surface area contributed by atoms with Crippen LogP contribution in [0.15, 0.2) is 12.5 Å². The van der Waals surface area contributed by atoms with Crippen LogP contribution in [0, 0.1) is 5.92 Å². The number of aliphatic hydroxyl groups is 3. The number of amides is 10. The topological polar surface area (TPSA) is 454 Å².